The Morgan fingerprint density at radius 3 is 2.50 bits per heavy atom. The van der Waals surface area contributed by atoms with Crippen LogP contribution in [0.15, 0.2) is 0 Å². The van der Waals surface area contributed by atoms with Gasteiger partial charge in [-0.25, -0.2) is 0 Å². The Morgan fingerprint density at radius 1 is 1.56 bits per heavy atom. The van der Waals surface area contributed by atoms with Crippen LogP contribution in [0.1, 0.15) is 27.2 Å². The lowest BCUT2D eigenvalue weighted by Gasteiger charge is -2.27. The molecule has 0 saturated carbocycles. The summed E-state index contributed by atoms with van der Waals surface area (Å²) in [6, 6.07) is -0.646. The Hall–Kier alpha value is -1.10. The number of likely N-dealkylation sites (N-methyl/N-ethyl adjacent to an activating group) is 1. The zero-order chi connectivity index (χ0) is 12.5. The molecule has 1 saturated heterocycles. The van der Waals surface area contributed by atoms with E-state index in [9.17, 15) is 9.59 Å². The van der Waals surface area contributed by atoms with Gasteiger partial charge in [-0.3, -0.25) is 9.59 Å². The van der Waals surface area contributed by atoms with Gasteiger partial charge in [0.2, 0.25) is 11.8 Å². The van der Waals surface area contributed by atoms with E-state index in [0.717, 1.165) is 0 Å². The highest BCUT2D eigenvalue weighted by atomic mass is 16.2. The Bertz CT molecular complexity index is 296. The van der Waals surface area contributed by atoms with Crippen LogP contribution in [0, 0.1) is 5.41 Å². The van der Waals surface area contributed by atoms with Crippen molar-refractivity contribution in [3.05, 3.63) is 0 Å². The van der Waals surface area contributed by atoms with Gasteiger partial charge in [-0.15, -0.1) is 0 Å². The highest BCUT2D eigenvalue weighted by molar-refractivity contribution is 5.85. The van der Waals surface area contributed by atoms with Crippen molar-refractivity contribution in [1.29, 1.82) is 0 Å². The number of carbonyl (C=O) groups excluding carboxylic acids is 2. The van der Waals surface area contributed by atoms with Crippen molar-refractivity contribution in [3.63, 3.8) is 0 Å². The minimum Gasteiger partial charge on any atom is -0.350 e. The first-order valence-corrected chi connectivity index (χ1v) is 5.51. The summed E-state index contributed by atoms with van der Waals surface area (Å²) in [5, 5.41) is 2.82. The van der Waals surface area contributed by atoms with E-state index in [2.05, 4.69) is 5.32 Å². The number of amides is 2. The zero-order valence-corrected chi connectivity index (χ0v) is 10.4. The van der Waals surface area contributed by atoms with Gasteiger partial charge >= 0.3 is 0 Å². The SMILES string of the molecule is CN1CC(NC(=O)[C@@H](N)C(C)(C)C)CC1=O. The van der Waals surface area contributed by atoms with Crippen molar-refractivity contribution in [2.75, 3.05) is 13.6 Å². The molecular weight excluding hydrogens is 206 g/mol. The van der Waals surface area contributed by atoms with Crippen molar-refractivity contribution < 1.29 is 9.59 Å². The summed E-state index contributed by atoms with van der Waals surface area (Å²) in [6.45, 7) is 6.33. The van der Waals surface area contributed by atoms with E-state index in [-0.39, 0.29) is 23.3 Å². The fourth-order valence-electron chi connectivity index (χ4n) is 1.64. The predicted molar refractivity (Wildman–Crippen MR) is 61.6 cm³/mol. The molecule has 1 unspecified atom stereocenters. The summed E-state index contributed by atoms with van der Waals surface area (Å²) < 4.78 is 0. The Kier molecular flexibility index (Phi) is 3.57. The number of hydrogen-bond acceptors (Lipinski definition) is 3. The maximum Gasteiger partial charge on any atom is 0.237 e. The molecule has 0 aliphatic carbocycles. The lowest BCUT2D eigenvalue weighted by Crippen LogP contribution is -2.51. The highest BCUT2D eigenvalue weighted by Gasteiger charge is 2.32. The van der Waals surface area contributed by atoms with Gasteiger partial charge in [-0.2, -0.15) is 0 Å². The van der Waals surface area contributed by atoms with Gasteiger partial charge in [0.1, 0.15) is 0 Å². The van der Waals surface area contributed by atoms with Crippen LogP contribution in [0.2, 0.25) is 0 Å². The fourth-order valence-corrected chi connectivity index (χ4v) is 1.64. The van der Waals surface area contributed by atoms with Crippen molar-refractivity contribution >= 4 is 11.8 Å². The molecule has 0 aromatic carbocycles. The average molecular weight is 227 g/mol. The second kappa shape index (κ2) is 4.41. The van der Waals surface area contributed by atoms with Crippen molar-refractivity contribution in [1.82, 2.24) is 10.2 Å². The van der Waals surface area contributed by atoms with E-state index in [0.29, 0.717) is 13.0 Å². The molecule has 0 aromatic heterocycles. The minimum atomic E-state index is -0.548. The molecule has 5 heteroatoms. The number of nitrogens with one attached hydrogen (secondary N) is 1. The summed E-state index contributed by atoms with van der Waals surface area (Å²) in [7, 11) is 1.73. The molecule has 0 radical (unpaired) electrons. The molecular formula is C11H21N3O2. The number of carbonyl (C=O) groups is 2. The fraction of sp³-hybridized carbons (Fsp3) is 0.818. The second-order valence-corrected chi connectivity index (χ2v) is 5.53. The van der Waals surface area contributed by atoms with Crippen LogP contribution in [0.25, 0.3) is 0 Å². The highest BCUT2D eigenvalue weighted by Crippen LogP contribution is 2.18. The normalized spacial score (nSPS) is 23.4. The van der Waals surface area contributed by atoms with E-state index in [1.807, 2.05) is 20.8 Å². The zero-order valence-electron chi connectivity index (χ0n) is 10.4. The van der Waals surface area contributed by atoms with Gasteiger partial charge in [0.05, 0.1) is 12.1 Å². The molecule has 3 N–H and O–H groups in total. The molecule has 16 heavy (non-hydrogen) atoms. The van der Waals surface area contributed by atoms with Gasteiger partial charge < -0.3 is 16.0 Å². The molecule has 1 heterocycles. The third kappa shape index (κ3) is 2.95. The maximum absolute atomic E-state index is 11.8. The Balaban J connectivity index is 2.50. The molecule has 5 nitrogen and oxygen atoms in total. The van der Waals surface area contributed by atoms with E-state index < -0.39 is 6.04 Å². The van der Waals surface area contributed by atoms with E-state index in [1.54, 1.807) is 11.9 Å². The molecule has 92 valence electrons. The summed E-state index contributed by atoms with van der Waals surface area (Å²) in [6.07, 6.45) is 0.374. The smallest absolute Gasteiger partial charge is 0.237 e. The maximum atomic E-state index is 11.8. The molecule has 1 rings (SSSR count). The minimum absolute atomic E-state index is 0.0645. The van der Waals surface area contributed by atoms with E-state index >= 15 is 0 Å². The van der Waals surface area contributed by atoms with Gasteiger partial charge in [0.25, 0.3) is 0 Å². The van der Waals surface area contributed by atoms with Crippen molar-refractivity contribution in [2.45, 2.75) is 39.3 Å². The molecule has 2 amide bonds. The summed E-state index contributed by atoms with van der Waals surface area (Å²) in [4.78, 5) is 24.7. The van der Waals surface area contributed by atoms with E-state index in [4.69, 9.17) is 5.73 Å². The first-order valence-electron chi connectivity index (χ1n) is 5.51. The molecule has 0 bridgehead atoms. The van der Waals surface area contributed by atoms with Crippen LogP contribution in [-0.4, -0.2) is 42.4 Å². The summed E-state index contributed by atoms with van der Waals surface area (Å²) >= 11 is 0. The van der Waals surface area contributed by atoms with Crippen LogP contribution < -0.4 is 11.1 Å². The topological polar surface area (TPSA) is 75.4 Å². The summed E-state index contributed by atoms with van der Waals surface area (Å²) in [5.41, 5.74) is 5.57. The monoisotopic (exact) mass is 227 g/mol. The standard InChI is InChI=1S/C11H21N3O2/c1-11(2,3)9(12)10(16)13-7-5-8(15)14(4)6-7/h7,9H,5-6,12H2,1-4H3,(H,13,16)/t7?,9-/m1/s1. The average Bonchev–Trinajstić information content (AvgIpc) is 2.43. The van der Waals surface area contributed by atoms with Gasteiger partial charge in [-0.05, 0) is 5.41 Å². The second-order valence-electron chi connectivity index (χ2n) is 5.53. The van der Waals surface area contributed by atoms with Crippen LogP contribution in [0.4, 0.5) is 0 Å². The molecule has 0 aromatic rings. The number of nitrogens with zero attached hydrogens (tertiary/aromatic N) is 1. The van der Waals surface area contributed by atoms with E-state index in [1.165, 1.54) is 0 Å². The first-order chi connectivity index (χ1) is 7.21. The first kappa shape index (κ1) is 13.0. The van der Waals surface area contributed by atoms with Crippen LogP contribution in [0.5, 0.6) is 0 Å². The number of nitrogens with two attached hydrogens (primary N) is 1. The largest absolute Gasteiger partial charge is 0.350 e. The van der Waals surface area contributed by atoms with Gasteiger partial charge in [-0.1, -0.05) is 20.8 Å². The molecule has 2 atom stereocenters. The van der Waals surface area contributed by atoms with Crippen LogP contribution >= 0.6 is 0 Å². The van der Waals surface area contributed by atoms with Crippen molar-refractivity contribution in [3.8, 4) is 0 Å². The van der Waals surface area contributed by atoms with Gasteiger partial charge in [0, 0.05) is 20.0 Å². The molecule has 1 fully saturated rings. The third-order valence-electron chi connectivity index (χ3n) is 2.90. The van der Waals surface area contributed by atoms with Crippen LogP contribution in [0.3, 0.4) is 0 Å². The quantitative estimate of drug-likeness (QED) is 0.680. The molecule has 0 spiro atoms. The van der Waals surface area contributed by atoms with Crippen molar-refractivity contribution in [2.24, 2.45) is 11.1 Å². The van der Waals surface area contributed by atoms with Crippen LogP contribution in [-0.2, 0) is 9.59 Å². The Morgan fingerprint density at radius 2 is 2.12 bits per heavy atom. The Labute approximate surface area is 96.4 Å². The lowest BCUT2D eigenvalue weighted by molar-refractivity contribution is -0.126. The number of rotatable bonds is 2. The molecule has 1 aliphatic rings. The summed E-state index contributed by atoms with van der Waals surface area (Å²) in [5.74, 6) is -0.116. The third-order valence-corrected chi connectivity index (χ3v) is 2.90. The number of hydrogen-bond donors (Lipinski definition) is 2. The van der Waals surface area contributed by atoms with Gasteiger partial charge in [0.15, 0.2) is 0 Å². The molecule has 1 aliphatic heterocycles. The number of likely N-dealkylation sites (tertiary alicyclic amines) is 1. The predicted octanol–water partition coefficient (Wildman–Crippen LogP) is -0.293. The lowest BCUT2D eigenvalue weighted by atomic mass is 9.87.